The number of hydrazone groups is 1. The summed E-state index contributed by atoms with van der Waals surface area (Å²) >= 11 is 7.27. The Bertz CT molecular complexity index is 577. The van der Waals surface area contributed by atoms with Crippen LogP contribution in [0.2, 0.25) is 5.02 Å². The van der Waals surface area contributed by atoms with Gasteiger partial charge in [-0.1, -0.05) is 11.6 Å². The van der Waals surface area contributed by atoms with Crippen molar-refractivity contribution < 1.29 is 4.79 Å². The van der Waals surface area contributed by atoms with Crippen LogP contribution in [0, 0.1) is 6.92 Å². The minimum absolute atomic E-state index is 0.283. The molecule has 0 saturated heterocycles. The Kier molecular flexibility index (Phi) is 4.07. The number of benzene rings is 1. The van der Waals surface area contributed by atoms with E-state index in [9.17, 15) is 4.79 Å². The van der Waals surface area contributed by atoms with Gasteiger partial charge in [-0.15, -0.1) is 11.3 Å². The number of thiazole rings is 1. The standard InChI is InChI=1S/C12H10ClN3OS/c1-8-15-11(7-18-8)6-14-16-12(17)9-2-4-10(13)5-3-9/h2-7H,1H3,(H,16,17)/b14-6-. The van der Waals surface area contributed by atoms with Gasteiger partial charge in [-0.3, -0.25) is 4.79 Å². The molecule has 1 heterocycles. The SMILES string of the molecule is Cc1nc(/C=N\NC(=O)c2ccc(Cl)cc2)cs1. The van der Waals surface area contributed by atoms with E-state index in [2.05, 4.69) is 15.5 Å². The number of aryl methyl sites for hydroxylation is 1. The Labute approximate surface area is 113 Å². The number of hydrogen-bond donors (Lipinski definition) is 1. The van der Waals surface area contributed by atoms with Crippen LogP contribution in [0.1, 0.15) is 21.1 Å². The van der Waals surface area contributed by atoms with Gasteiger partial charge in [0.1, 0.15) is 0 Å². The number of aromatic nitrogens is 1. The normalized spacial score (nSPS) is 10.8. The molecule has 1 N–H and O–H groups in total. The predicted molar refractivity (Wildman–Crippen MR) is 73.4 cm³/mol. The van der Waals surface area contributed by atoms with Crippen LogP contribution in [0.4, 0.5) is 0 Å². The number of hydrogen-bond acceptors (Lipinski definition) is 4. The number of carbonyl (C=O) groups excluding carboxylic acids is 1. The van der Waals surface area contributed by atoms with Crippen molar-refractivity contribution >= 4 is 35.1 Å². The maximum absolute atomic E-state index is 11.7. The molecule has 1 aromatic carbocycles. The van der Waals surface area contributed by atoms with E-state index in [4.69, 9.17) is 11.6 Å². The smallest absolute Gasteiger partial charge is 0.267 e. The van der Waals surface area contributed by atoms with E-state index in [1.165, 1.54) is 17.6 Å². The highest BCUT2D eigenvalue weighted by atomic mass is 35.5. The molecule has 0 unspecified atom stereocenters. The third-order valence-corrected chi connectivity index (χ3v) is 3.15. The van der Waals surface area contributed by atoms with Crippen molar-refractivity contribution in [3.8, 4) is 0 Å². The van der Waals surface area contributed by atoms with Crippen molar-refractivity contribution in [2.45, 2.75) is 6.92 Å². The van der Waals surface area contributed by atoms with Gasteiger partial charge in [-0.25, -0.2) is 10.4 Å². The van der Waals surface area contributed by atoms with Crippen LogP contribution in [-0.4, -0.2) is 17.1 Å². The third kappa shape index (κ3) is 3.38. The Hall–Kier alpha value is -1.72. The number of nitrogens with one attached hydrogen (secondary N) is 1. The lowest BCUT2D eigenvalue weighted by molar-refractivity contribution is 0.0955. The number of nitrogens with zero attached hydrogens (tertiary/aromatic N) is 2. The van der Waals surface area contributed by atoms with E-state index in [0.717, 1.165) is 10.7 Å². The van der Waals surface area contributed by atoms with Gasteiger partial charge < -0.3 is 0 Å². The summed E-state index contributed by atoms with van der Waals surface area (Å²) in [5.74, 6) is -0.283. The zero-order chi connectivity index (χ0) is 13.0. The first-order chi connectivity index (χ1) is 8.65. The number of amides is 1. The summed E-state index contributed by atoms with van der Waals surface area (Å²) in [6, 6.07) is 6.59. The van der Waals surface area contributed by atoms with Gasteiger partial charge >= 0.3 is 0 Å². The van der Waals surface area contributed by atoms with Gasteiger partial charge in [0.25, 0.3) is 5.91 Å². The molecule has 2 aromatic rings. The first-order valence-corrected chi connectivity index (χ1v) is 6.42. The molecule has 0 saturated carbocycles. The van der Waals surface area contributed by atoms with Crippen LogP contribution in [-0.2, 0) is 0 Å². The minimum Gasteiger partial charge on any atom is -0.267 e. The van der Waals surface area contributed by atoms with E-state index >= 15 is 0 Å². The number of halogens is 1. The van der Waals surface area contributed by atoms with Crippen molar-refractivity contribution in [2.24, 2.45) is 5.10 Å². The predicted octanol–water partition coefficient (Wildman–Crippen LogP) is 2.87. The maximum Gasteiger partial charge on any atom is 0.271 e. The average molecular weight is 280 g/mol. The highest BCUT2D eigenvalue weighted by Crippen LogP contribution is 2.09. The van der Waals surface area contributed by atoms with Crippen LogP contribution < -0.4 is 5.43 Å². The second-order valence-corrected chi connectivity index (χ2v) is 5.00. The molecule has 0 radical (unpaired) electrons. The lowest BCUT2D eigenvalue weighted by Gasteiger charge is -1.98. The van der Waals surface area contributed by atoms with Crippen molar-refractivity contribution in [1.82, 2.24) is 10.4 Å². The summed E-state index contributed by atoms with van der Waals surface area (Å²) in [6.45, 7) is 1.91. The highest BCUT2D eigenvalue weighted by molar-refractivity contribution is 7.09. The molecule has 92 valence electrons. The molecule has 0 aliphatic rings. The van der Waals surface area contributed by atoms with E-state index in [0.29, 0.717) is 10.6 Å². The molecule has 6 heteroatoms. The second kappa shape index (κ2) is 5.75. The third-order valence-electron chi connectivity index (χ3n) is 2.11. The lowest BCUT2D eigenvalue weighted by Crippen LogP contribution is -2.17. The Morgan fingerprint density at radius 1 is 1.44 bits per heavy atom. The van der Waals surface area contributed by atoms with Gasteiger partial charge in [0.15, 0.2) is 0 Å². The van der Waals surface area contributed by atoms with Crippen molar-refractivity contribution in [3.05, 3.63) is 50.9 Å². The lowest BCUT2D eigenvalue weighted by atomic mass is 10.2. The topological polar surface area (TPSA) is 54.4 Å². The molecular formula is C12H10ClN3OS. The molecule has 1 aromatic heterocycles. The monoisotopic (exact) mass is 279 g/mol. The Balaban J connectivity index is 1.96. The first kappa shape index (κ1) is 12.7. The van der Waals surface area contributed by atoms with Crippen LogP contribution in [0.25, 0.3) is 0 Å². The molecule has 0 aliphatic heterocycles. The summed E-state index contributed by atoms with van der Waals surface area (Å²) in [5, 5.41) is 7.26. The van der Waals surface area contributed by atoms with E-state index in [1.807, 2.05) is 12.3 Å². The van der Waals surface area contributed by atoms with Crippen molar-refractivity contribution in [3.63, 3.8) is 0 Å². The zero-order valence-electron chi connectivity index (χ0n) is 9.55. The van der Waals surface area contributed by atoms with Crippen molar-refractivity contribution in [2.75, 3.05) is 0 Å². The zero-order valence-corrected chi connectivity index (χ0v) is 11.1. The maximum atomic E-state index is 11.7. The summed E-state index contributed by atoms with van der Waals surface area (Å²) in [5.41, 5.74) is 3.66. The summed E-state index contributed by atoms with van der Waals surface area (Å²) in [4.78, 5) is 15.9. The Morgan fingerprint density at radius 2 is 2.17 bits per heavy atom. The van der Waals surface area contributed by atoms with E-state index in [-0.39, 0.29) is 5.91 Å². The van der Waals surface area contributed by atoms with Gasteiger partial charge in [-0.2, -0.15) is 5.10 Å². The summed E-state index contributed by atoms with van der Waals surface area (Å²) < 4.78 is 0. The van der Waals surface area contributed by atoms with Crippen LogP contribution in [0.15, 0.2) is 34.7 Å². The summed E-state index contributed by atoms with van der Waals surface area (Å²) in [6.07, 6.45) is 1.51. The molecule has 1 amide bonds. The number of rotatable bonds is 3. The van der Waals surface area contributed by atoms with Crippen LogP contribution in [0.5, 0.6) is 0 Å². The van der Waals surface area contributed by atoms with Gasteiger partial charge in [0.2, 0.25) is 0 Å². The molecule has 0 bridgehead atoms. The van der Waals surface area contributed by atoms with E-state index < -0.39 is 0 Å². The van der Waals surface area contributed by atoms with Crippen molar-refractivity contribution in [1.29, 1.82) is 0 Å². The van der Waals surface area contributed by atoms with Gasteiger partial charge in [-0.05, 0) is 31.2 Å². The fourth-order valence-corrected chi connectivity index (χ4v) is 1.95. The summed E-state index contributed by atoms with van der Waals surface area (Å²) in [7, 11) is 0. The molecule has 4 nitrogen and oxygen atoms in total. The molecule has 18 heavy (non-hydrogen) atoms. The Morgan fingerprint density at radius 3 is 2.78 bits per heavy atom. The molecule has 0 spiro atoms. The number of carbonyl (C=O) groups is 1. The molecule has 0 atom stereocenters. The fourth-order valence-electron chi connectivity index (χ4n) is 1.26. The molecule has 0 fully saturated rings. The van der Waals surface area contributed by atoms with Gasteiger partial charge in [0.05, 0.1) is 16.9 Å². The van der Waals surface area contributed by atoms with Crippen LogP contribution in [0.3, 0.4) is 0 Å². The van der Waals surface area contributed by atoms with Gasteiger partial charge in [0, 0.05) is 16.0 Å². The highest BCUT2D eigenvalue weighted by Gasteiger charge is 2.03. The second-order valence-electron chi connectivity index (χ2n) is 3.50. The quantitative estimate of drug-likeness (QED) is 0.694. The minimum atomic E-state index is -0.283. The average Bonchev–Trinajstić information content (AvgIpc) is 2.76. The molecule has 0 aliphatic carbocycles. The van der Waals surface area contributed by atoms with Crippen LogP contribution >= 0.6 is 22.9 Å². The largest absolute Gasteiger partial charge is 0.271 e. The van der Waals surface area contributed by atoms with E-state index in [1.54, 1.807) is 24.3 Å². The molecule has 2 rings (SSSR count). The molecular weight excluding hydrogens is 270 g/mol. The fraction of sp³-hybridized carbons (Fsp3) is 0.0833. The first-order valence-electron chi connectivity index (χ1n) is 5.16.